The molecule has 0 spiro atoms. The van der Waals surface area contributed by atoms with E-state index in [-0.39, 0.29) is 5.82 Å². The fourth-order valence-corrected chi connectivity index (χ4v) is 2.80. The standard InChI is InChI=1S/C14H16BrFN2O/c1-4-18-13(11(15)8-17-18)14(3,19)10-6-5-9(2)12(16)7-10/h5-8,19H,4H2,1-3H3. The Balaban J connectivity index is 2.57. The van der Waals surface area contributed by atoms with Gasteiger partial charge in [0.25, 0.3) is 0 Å². The van der Waals surface area contributed by atoms with E-state index in [9.17, 15) is 9.50 Å². The summed E-state index contributed by atoms with van der Waals surface area (Å²) in [5.41, 5.74) is 0.382. The normalized spacial score (nSPS) is 14.4. The predicted octanol–water partition coefficient (Wildman–Crippen LogP) is 3.37. The van der Waals surface area contributed by atoms with Gasteiger partial charge in [-0.15, -0.1) is 0 Å². The van der Waals surface area contributed by atoms with Crippen LogP contribution >= 0.6 is 15.9 Å². The highest BCUT2D eigenvalue weighted by molar-refractivity contribution is 9.10. The van der Waals surface area contributed by atoms with Gasteiger partial charge in [-0.05, 0) is 53.9 Å². The van der Waals surface area contributed by atoms with E-state index in [2.05, 4.69) is 21.0 Å². The van der Waals surface area contributed by atoms with E-state index in [1.165, 1.54) is 6.07 Å². The second-order valence-corrected chi connectivity index (χ2v) is 5.55. The van der Waals surface area contributed by atoms with Crippen molar-refractivity contribution in [2.75, 3.05) is 0 Å². The molecule has 0 radical (unpaired) electrons. The van der Waals surface area contributed by atoms with Crippen LogP contribution in [0.2, 0.25) is 0 Å². The molecule has 1 unspecified atom stereocenters. The molecule has 1 atom stereocenters. The van der Waals surface area contributed by atoms with Gasteiger partial charge in [0.1, 0.15) is 11.4 Å². The minimum absolute atomic E-state index is 0.323. The number of aromatic nitrogens is 2. The summed E-state index contributed by atoms with van der Waals surface area (Å²) in [4.78, 5) is 0. The average molecular weight is 327 g/mol. The summed E-state index contributed by atoms with van der Waals surface area (Å²) < 4.78 is 16.1. The van der Waals surface area contributed by atoms with E-state index >= 15 is 0 Å². The lowest BCUT2D eigenvalue weighted by molar-refractivity contribution is 0.0906. The molecule has 3 nitrogen and oxygen atoms in total. The van der Waals surface area contributed by atoms with Crippen molar-refractivity contribution < 1.29 is 9.50 Å². The fraction of sp³-hybridized carbons (Fsp3) is 0.357. The third-order valence-electron chi connectivity index (χ3n) is 3.29. The van der Waals surface area contributed by atoms with Gasteiger partial charge in [0, 0.05) is 6.54 Å². The van der Waals surface area contributed by atoms with Gasteiger partial charge < -0.3 is 5.11 Å². The molecule has 0 aliphatic carbocycles. The molecule has 0 amide bonds. The van der Waals surface area contributed by atoms with Crippen LogP contribution in [0.3, 0.4) is 0 Å². The molecule has 0 saturated carbocycles. The molecule has 1 heterocycles. The molecule has 0 aliphatic heterocycles. The Morgan fingerprint density at radius 2 is 2.16 bits per heavy atom. The summed E-state index contributed by atoms with van der Waals surface area (Å²) in [7, 11) is 0. The number of hydrogen-bond acceptors (Lipinski definition) is 2. The van der Waals surface area contributed by atoms with Gasteiger partial charge in [0.15, 0.2) is 0 Å². The number of hydrogen-bond donors (Lipinski definition) is 1. The molecular formula is C14H16BrFN2O. The second kappa shape index (κ2) is 5.06. The van der Waals surface area contributed by atoms with E-state index in [0.29, 0.717) is 27.8 Å². The molecule has 0 fully saturated rings. The topological polar surface area (TPSA) is 38.0 Å². The van der Waals surface area contributed by atoms with Gasteiger partial charge >= 0.3 is 0 Å². The summed E-state index contributed by atoms with van der Waals surface area (Å²) in [5.74, 6) is -0.323. The third-order valence-corrected chi connectivity index (χ3v) is 3.87. The number of aliphatic hydroxyl groups is 1. The van der Waals surface area contributed by atoms with Crippen LogP contribution in [0.25, 0.3) is 0 Å². The Bertz CT molecular complexity index is 607. The van der Waals surface area contributed by atoms with Gasteiger partial charge in [-0.1, -0.05) is 12.1 Å². The van der Waals surface area contributed by atoms with E-state index in [4.69, 9.17) is 0 Å². The maximum Gasteiger partial charge on any atom is 0.130 e. The fourth-order valence-electron chi connectivity index (χ4n) is 2.12. The van der Waals surface area contributed by atoms with Crippen molar-refractivity contribution in [2.45, 2.75) is 32.9 Å². The molecule has 1 aromatic heterocycles. The first-order chi connectivity index (χ1) is 8.87. The maximum absolute atomic E-state index is 13.7. The van der Waals surface area contributed by atoms with E-state index in [0.717, 1.165) is 0 Å². The SMILES string of the molecule is CCn1ncc(Br)c1C(C)(O)c1ccc(C)c(F)c1. The van der Waals surface area contributed by atoms with Crippen LogP contribution in [0, 0.1) is 12.7 Å². The first-order valence-corrected chi connectivity index (χ1v) is 6.88. The molecule has 0 aliphatic rings. The van der Waals surface area contributed by atoms with Crippen molar-refractivity contribution in [2.24, 2.45) is 0 Å². The molecule has 1 aromatic carbocycles. The molecule has 5 heteroatoms. The summed E-state index contributed by atoms with van der Waals surface area (Å²) in [6.07, 6.45) is 1.64. The predicted molar refractivity (Wildman–Crippen MR) is 75.4 cm³/mol. The van der Waals surface area contributed by atoms with Crippen LogP contribution in [0.1, 0.15) is 30.7 Å². The highest BCUT2D eigenvalue weighted by Gasteiger charge is 2.32. The quantitative estimate of drug-likeness (QED) is 0.939. The number of halogens is 2. The van der Waals surface area contributed by atoms with Crippen molar-refractivity contribution in [3.05, 3.63) is 51.5 Å². The van der Waals surface area contributed by atoms with Crippen LogP contribution in [-0.2, 0) is 12.1 Å². The van der Waals surface area contributed by atoms with Crippen molar-refractivity contribution >= 4 is 15.9 Å². The van der Waals surface area contributed by atoms with Gasteiger partial charge in [-0.2, -0.15) is 5.10 Å². The summed E-state index contributed by atoms with van der Waals surface area (Å²) in [6.45, 7) is 5.91. The van der Waals surface area contributed by atoms with Gasteiger partial charge in [0.2, 0.25) is 0 Å². The van der Waals surface area contributed by atoms with Gasteiger partial charge in [-0.25, -0.2) is 4.39 Å². The van der Waals surface area contributed by atoms with Crippen LogP contribution in [0.15, 0.2) is 28.9 Å². The highest BCUT2D eigenvalue weighted by atomic mass is 79.9. The zero-order chi connectivity index (χ0) is 14.2. The zero-order valence-corrected chi connectivity index (χ0v) is 12.7. The zero-order valence-electron chi connectivity index (χ0n) is 11.1. The lowest BCUT2D eigenvalue weighted by atomic mass is 9.91. The lowest BCUT2D eigenvalue weighted by Gasteiger charge is -2.25. The first kappa shape index (κ1) is 14.2. The Labute approximate surface area is 120 Å². The number of aryl methyl sites for hydroxylation is 2. The largest absolute Gasteiger partial charge is 0.379 e. The smallest absolute Gasteiger partial charge is 0.130 e. The first-order valence-electron chi connectivity index (χ1n) is 6.08. The van der Waals surface area contributed by atoms with Gasteiger partial charge in [0.05, 0.1) is 16.4 Å². The minimum Gasteiger partial charge on any atom is -0.379 e. The third kappa shape index (κ3) is 2.44. The molecule has 0 bridgehead atoms. The molecule has 2 aromatic rings. The Morgan fingerprint density at radius 3 is 2.74 bits per heavy atom. The van der Waals surface area contributed by atoms with E-state index < -0.39 is 5.60 Å². The minimum atomic E-state index is -1.31. The van der Waals surface area contributed by atoms with Crippen molar-refractivity contribution in [1.82, 2.24) is 9.78 Å². The molecule has 0 saturated heterocycles. The van der Waals surface area contributed by atoms with Crippen LogP contribution < -0.4 is 0 Å². The Morgan fingerprint density at radius 1 is 1.47 bits per heavy atom. The second-order valence-electron chi connectivity index (χ2n) is 4.69. The molecule has 102 valence electrons. The molecular weight excluding hydrogens is 311 g/mol. The molecule has 19 heavy (non-hydrogen) atoms. The van der Waals surface area contributed by atoms with Crippen LogP contribution in [0.5, 0.6) is 0 Å². The highest BCUT2D eigenvalue weighted by Crippen LogP contribution is 2.34. The van der Waals surface area contributed by atoms with Crippen molar-refractivity contribution in [1.29, 1.82) is 0 Å². The average Bonchev–Trinajstić information content (AvgIpc) is 2.74. The number of rotatable bonds is 3. The van der Waals surface area contributed by atoms with E-state index in [1.54, 1.807) is 36.9 Å². The van der Waals surface area contributed by atoms with Gasteiger partial charge in [-0.3, -0.25) is 4.68 Å². The van der Waals surface area contributed by atoms with Crippen LogP contribution in [0.4, 0.5) is 4.39 Å². The summed E-state index contributed by atoms with van der Waals surface area (Å²) in [5, 5.41) is 15.0. The van der Waals surface area contributed by atoms with Crippen molar-refractivity contribution in [3.8, 4) is 0 Å². The Kier molecular flexibility index (Phi) is 3.78. The van der Waals surface area contributed by atoms with E-state index in [1.807, 2.05) is 6.92 Å². The molecule has 2 rings (SSSR count). The van der Waals surface area contributed by atoms with Crippen molar-refractivity contribution in [3.63, 3.8) is 0 Å². The molecule has 1 N–H and O–H groups in total. The Hall–Kier alpha value is -1.20. The summed E-state index contributed by atoms with van der Waals surface area (Å²) in [6, 6.07) is 4.77. The monoisotopic (exact) mass is 326 g/mol. The maximum atomic E-state index is 13.7. The summed E-state index contributed by atoms with van der Waals surface area (Å²) >= 11 is 3.39. The number of benzene rings is 1. The number of nitrogens with zero attached hydrogens (tertiary/aromatic N) is 2. The van der Waals surface area contributed by atoms with Crippen LogP contribution in [-0.4, -0.2) is 14.9 Å². The lowest BCUT2D eigenvalue weighted by Crippen LogP contribution is -2.27.